The van der Waals surface area contributed by atoms with Gasteiger partial charge >= 0.3 is 0 Å². The van der Waals surface area contributed by atoms with Crippen molar-refractivity contribution in [1.82, 2.24) is 24.1 Å². The first kappa shape index (κ1) is 22.1. The number of nitrogens with zero attached hydrogens (tertiary/aromatic N) is 5. The van der Waals surface area contributed by atoms with Gasteiger partial charge in [-0.1, -0.05) is 25.7 Å². The number of likely N-dealkylation sites (N-methyl/N-ethyl adjacent to an activating group) is 1. The second-order valence-corrected chi connectivity index (χ2v) is 8.65. The molecule has 32 heavy (non-hydrogen) atoms. The lowest BCUT2D eigenvalue weighted by Crippen LogP contribution is -2.46. The summed E-state index contributed by atoms with van der Waals surface area (Å²) >= 11 is 0. The lowest BCUT2D eigenvalue weighted by molar-refractivity contribution is -0.124. The number of rotatable bonds is 5. The monoisotopic (exact) mass is 431 g/mol. The molecule has 2 aliphatic rings. The molecule has 2 aromatic heterocycles. The summed E-state index contributed by atoms with van der Waals surface area (Å²) in [5.41, 5.74) is 5.80. The molecule has 2 aliphatic heterocycles. The van der Waals surface area contributed by atoms with Gasteiger partial charge in [0, 0.05) is 56.4 Å². The minimum Gasteiger partial charge on any atom is -0.368 e. The van der Waals surface area contributed by atoms with Crippen LogP contribution in [-0.2, 0) is 4.79 Å². The average Bonchev–Trinajstić information content (AvgIpc) is 3.18. The maximum absolute atomic E-state index is 13.2. The number of carbonyl (C=O) groups excluding carboxylic acids is 1. The van der Waals surface area contributed by atoms with Gasteiger partial charge in [-0.3, -0.25) is 4.79 Å². The van der Waals surface area contributed by atoms with E-state index in [0.29, 0.717) is 0 Å². The summed E-state index contributed by atoms with van der Waals surface area (Å²) in [6.45, 7) is 17.3. The van der Waals surface area contributed by atoms with Crippen LogP contribution in [0.5, 0.6) is 0 Å². The van der Waals surface area contributed by atoms with E-state index in [9.17, 15) is 4.79 Å². The highest BCUT2D eigenvalue weighted by Gasteiger charge is 2.23. The molecule has 0 N–H and O–H groups in total. The van der Waals surface area contributed by atoms with Crippen molar-refractivity contribution < 1.29 is 4.79 Å². The van der Waals surface area contributed by atoms with Crippen molar-refractivity contribution in [3.05, 3.63) is 72.0 Å². The van der Waals surface area contributed by atoms with Crippen LogP contribution in [0.4, 0.5) is 0 Å². The lowest BCUT2D eigenvalue weighted by atomic mass is 10.1. The smallest absolute Gasteiger partial charge is 0.251 e. The van der Waals surface area contributed by atoms with Gasteiger partial charge in [0.05, 0.1) is 17.4 Å². The summed E-state index contributed by atoms with van der Waals surface area (Å²) < 4.78 is 2.00. The number of aromatic nitrogens is 2. The number of amides is 1. The van der Waals surface area contributed by atoms with Crippen molar-refractivity contribution in [2.75, 3.05) is 32.7 Å². The Balaban J connectivity index is 1.56. The Morgan fingerprint density at radius 2 is 2.00 bits per heavy atom. The zero-order valence-corrected chi connectivity index (χ0v) is 19.6. The first-order valence-electron chi connectivity index (χ1n) is 11.4. The molecule has 1 unspecified atom stereocenters. The van der Waals surface area contributed by atoms with Gasteiger partial charge in [-0.25, -0.2) is 4.98 Å². The fourth-order valence-corrected chi connectivity index (χ4v) is 4.36. The summed E-state index contributed by atoms with van der Waals surface area (Å²) in [5.74, 6) is -0.00824. The van der Waals surface area contributed by atoms with E-state index in [1.807, 2.05) is 53.9 Å². The van der Waals surface area contributed by atoms with Gasteiger partial charge in [0.1, 0.15) is 5.65 Å². The number of piperazine rings is 1. The zero-order chi connectivity index (χ0) is 22.8. The highest BCUT2D eigenvalue weighted by atomic mass is 16.2. The Morgan fingerprint density at radius 1 is 1.25 bits per heavy atom. The molecule has 0 radical (unpaired) electrons. The number of allylic oxidation sites excluding steroid dienone is 2. The standard InChI is InChI=1S/C26H33N5O/c1-6-22-15-23(17-30-16-20(4)27-26(22)30)19(3)14-25(32)31-18-24(9-8-21(31)5)29-12-10-28(7-2)11-13-29/h6,8-9,14-18,21H,1,7,10-13H2,2-5H3/b19-14+. The second-order valence-electron chi connectivity index (χ2n) is 8.65. The van der Waals surface area contributed by atoms with Crippen molar-refractivity contribution in [1.29, 1.82) is 0 Å². The van der Waals surface area contributed by atoms with E-state index in [-0.39, 0.29) is 11.9 Å². The topological polar surface area (TPSA) is 44.1 Å². The molecule has 1 saturated heterocycles. The summed E-state index contributed by atoms with van der Waals surface area (Å²) in [6, 6.07) is 2.07. The predicted octanol–water partition coefficient (Wildman–Crippen LogP) is 3.95. The highest BCUT2D eigenvalue weighted by molar-refractivity contribution is 5.96. The first-order chi connectivity index (χ1) is 15.4. The van der Waals surface area contributed by atoms with E-state index in [1.165, 1.54) is 0 Å². The molecular formula is C26H33N5O. The number of aryl methyl sites for hydroxylation is 1. The maximum Gasteiger partial charge on any atom is 0.251 e. The summed E-state index contributed by atoms with van der Waals surface area (Å²) in [6.07, 6.45) is 13.8. The van der Waals surface area contributed by atoms with Crippen LogP contribution in [0.1, 0.15) is 37.6 Å². The molecular weight excluding hydrogens is 398 g/mol. The minimum absolute atomic E-state index is 0.00824. The van der Waals surface area contributed by atoms with Gasteiger partial charge in [-0.15, -0.1) is 0 Å². The Bertz CT molecular complexity index is 1110. The van der Waals surface area contributed by atoms with Gasteiger partial charge in [0.15, 0.2) is 0 Å². The fourth-order valence-electron chi connectivity index (χ4n) is 4.36. The molecule has 0 aromatic carbocycles. The third-order valence-electron chi connectivity index (χ3n) is 6.41. The Kier molecular flexibility index (Phi) is 6.33. The Morgan fingerprint density at radius 3 is 2.69 bits per heavy atom. The van der Waals surface area contributed by atoms with Crippen molar-refractivity contribution in [3.63, 3.8) is 0 Å². The van der Waals surface area contributed by atoms with E-state index in [2.05, 4.69) is 47.4 Å². The molecule has 1 fully saturated rings. The molecule has 1 atom stereocenters. The van der Waals surface area contributed by atoms with Crippen LogP contribution in [0.15, 0.2) is 55.2 Å². The summed E-state index contributed by atoms with van der Waals surface area (Å²) in [5, 5.41) is 0. The first-order valence-corrected chi connectivity index (χ1v) is 11.4. The van der Waals surface area contributed by atoms with Gasteiger partial charge in [0.2, 0.25) is 0 Å². The van der Waals surface area contributed by atoms with E-state index in [0.717, 1.165) is 66.5 Å². The molecule has 6 heteroatoms. The van der Waals surface area contributed by atoms with E-state index >= 15 is 0 Å². The van der Waals surface area contributed by atoms with E-state index in [4.69, 9.17) is 0 Å². The van der Waals surface area contributed by atoms with E-state index in [1.54, 1.807) is 6.08 Å². The molecule has 0 spiro atoms. The number of hydrogen-bond acceptors (Lipinski definition) is 4. The number of fused-ring (bicyclic) bond motifs is 1. The summed E-state index contributed by atoms with van der Waals surface area (Å²) in [4.78, 5) is 24.5. The third kappa shape index (κ3) is 4.41. The van der Waals surface area contributed by atoms with Gasteiger partial charge in [0.25, 0.3) is 5.91 Å². The largest absolute Gasteiger partial charge is 0.368 e. The van der Waals surface area contributed by atoms with Gasteiger partial charge in [-0.2, -0.15) is 0 Å². The maximum atomic E-state index is 13.2. The van der Waals surface area contributed by atoms with Crippen molar-refractivity contribution in [2.45, 2.75) is 33.7 Å². The van der Waals surface area contributed by atoms with Crippen LogP contribution in [0.2, 0.25) is 0 Å². The summed E-state index contributed by atoms with van der Waals surface area (Å²) in [7, 11) is 0. The molecule has 1 amide bonds. The van der Waals surface area contributed by atoms with Gasteiger partial charge in [-0.05, 0) is 50.6 Å². The number of imidazole rings is 1. The molecule has 0 aliphatic carbocycles. The van der Waals surface area contributed by atoms with Crippen LogP contribution < -0.4 is 0 Å². The molecule has 6 nitrogen and oxygen atoms in total. The van der Waals surface area contributed by atoms with Crippen molar-refractivity contribution in [2.24, 2.45) is 0 Å². The van der Waals surface area contributed by atoms with Crippen LogP contribution in [0.3, 0.4) is 0 Å². The van der Waals surface area contributed by atoms with Crippen molar-refractivity contribution >= 4 is 23.2 Å². The SMILES string of the molecule is C=Cc1cc(/C(C)=C/C(=O)N2C=C(N3CCN(CC)CC3)C=CC2C)cn2cc(C)nc12. The number of carbonyl (C=O) groups is 1. The quantitative estimate of drug-likeness (QED) is 0.673. The molecule has 168 valence electrons. The molecule has 4 heterocycles. The number of pyridine rings is 1. The van der Waals surface area contributed by atoms with Crippen LogP contribution in [-0.4, -0.2) is 68.8 Å². The van der Waals surface area contributed by atoms with Crippen LogP contribution in [0, 0.1) is 6.92 Å². The normalized spacial score (nSPS) is 20.1. The highest BCUT2D eigenvalue weighted by Crippen LogP contribution is 2.23. The average molecular weight is 432 g/mol. The minimum atomic E-state index is -0.00824. The Labute approximate surface area is 190 Å². The zero-order valence-electron chi connectivity index (χ0n) is 19.6. The van der Waals surface area contributed by atoms with Gasteiger partial charge < -0.3 is 19.1 Å². The second kappa shape index (κ2) is 9.17. The van der Waals surface area contributed by atoms with Crippen LogP contribution >= 0.6 is 0 Å². The third-order valence-corrected chi connectivity index (χ3v) is 6.41. The predicted molar refractivity (Wildman–Crippen MR) is 131 cm³/mol. The van der Waals surface area contributed by atoms with Crippen LogP contribution in [0.25, 0.3) is 17.3 Å². The molecule has 0 saturated carbocycles. The molecule has 0 bridgehead atoms. The Hall–Kier alpha value is -3.12. The molecule has 2 aromatic rings. The van der Waals surface area contributed by atoms with Crippen molar-refractivity contribution in [3.8, 4) is 0 Å². The number of hydrogen-bond donors (Lipinski definition) is 0. The van der Waals surface area contributed by atoms with E-state index < -0.39 is 0 Å². The lowest BCUT2D eigenvalue weighted by Gasteiger charge is -2.38. The fraction of sp³-hybridized carbons (Fsp3) is 0.385. The molecule has 4 rings (SSSR count).